The average molecular weight is 585 g/mol. The first-order valence-electron chi connectivity index (χ1n) is 12.7. The van der Waals surface area contributed by atoms with Crippen LogP contribution in [-0.2, 0) is 21.0 Å². The number of pyridine rings is 1. The lowest BCUT2D eigenvalue weighted by atomic mass is 10.1. The van der Waals surface area contributed by atoms with Gasteiger partial charge in [0.15, 0.2) is 10.8 Å². The Balaban J connectivity index is 1.36. The lowest BCUT2D eigenvalue weighted by Crippen LogP contribution is -2.53. The van der Waals surface area contributed by atoms with Crippen LogP contribution in [-0.4, -0.2) is 83.1 Å². The van der Waals surface area contributed by atoms with E-state index in [1.807, 2.05) is 16.7 Å². The van der Waals surface area contributed by atoms with Gasteiger partial charge in [-0.15, -0.1) is 10.2 Å². The van der Waals surface area contributed by atoms with E-state index in [0.29, 0.717) is 61.6 Å². The summed E-state index contributed by atoms with van der Waals surface area (Å²) in [4.78, 5) is 20.9. The minimum Gasteiger partial charge on any atom is -0.366 e. The fourth-order valence-electron chi connectivity index (χ4n) is 5.00. The van der Waals surface area contributed by atoms with Crippen molar-refractivity contribution in [2.75, 3.05) is 37.6 Å². The van der Waals surface area contributed by atoms with Gasteiger partial charge in [-0.25, -0.2) is 18.1 Å². The van der Waals surface area contributed by atoms with Crippen LogP contribution < -0.4 is 14.9 Å². The van der Waals surface area contributed by atoms with Crippen molar-refractivity contribution in [2.45, 2.75) is 55.3 Å². The number of hydrogen-bond acceptors (Lipinski definition) is 9. The molecular formula is C23H27F3N8O3S2. The van der Waals surface area contributed by atoms with E-state index in [-0.39, 0.29) is 27.7 Å². The van der Waals surface area contributed by atoms with Gasteiger partial charge in [0, 0.05) is 37.9 Å². The zero-order valence-corrected chi connectivity index (χ0v) is 22.7. The molecule has 5 heterocycles. The maximum atomic E-state index is 13.4. The van der Waals surface area contributed by atoms with Crippen molar-refractivity contribution < 1.29 is 26.4 Å². The summed E-state index contributed by atoms with van der Waals surface area (Å²) in [5, 5.41) is 8.97. The number of alkyl halides is 3. The molecule has 1 amide bonds. The summed E-state index contributed by atoms with van der Waals surface area (Å²) in [6.07, 6.45) is 1.40. The molecule has 0 unspecified atom stereocenters. The minimum absolute atomic E-state index is 0.0356. The number of rotatable bonds is 6. The van der Waals surface area contributed by atoms with Gasteiger partial charge in [0.1, 0.15) is 4.90 Å². The van der Waals surface area contributed by atoms with E-state index in [1.165, 1.54) is 16.8 Å². The van der Waals surface area contributed by atoms with Gasteiger partial charge in [-0.3, -0.25) is 9.20 Å². The van der Waals surface area contributed by atoms with E-state index in [2.05, 4.69) is 25.2 Å². The highest BCUT2D eigenvalue weighted by Gasteiger charge is 2.42. The Bertz CT molecular complexity index is 1520. The van der Waals surface area contributed by atoms with Gasteiger partial charge in [0.2, 0.25) is 20.9 Å². The molecule has 3 aliphatic rings. The van der Waals surface area contributed by atoms with Crippen molar-refractivity contribution in [1.29, 1.82) is 0 Å². The van der Waals surface area contributed by atoms with Crippen LogP contribution in [0.4, 0.5) is 18.9 Å². The number of nitrogens with one attached hydrogen (secondary N) is 2. The van der Waals surface area contributed by atoms with Crippen molar-refractivity contribution in [3.05, 3.63) is 23.5 Å². The number of piperazine rings is 1. The van der Waals surface area contributed by atoms with Gasteiger partial charge in [0.05, 0.1) is 23.4 Å². The average Bonchev–Trinajstić information content (AvgIpc) is 3.38. The van der Waals surface area contributed by atoms with Crippen LogP contribution in [0.25, 0.3) is 16.3 Å². The molecular weight excluding hydrogens is 557 g/mol. The topological polar surface area (TPSA) is 125 Å². The first kappa shape index (κ1) is 26.4. The number of halogens is 3. The number of hydrogen-bond donors (Lipinski definition) is 2. The molecule has 6 rings (SSSR count). The third-order valence-electron chi connectivity index (χ3n) is 7.43. The molecule has 11 nitrogen and oxygen atoms in total. The van der Waals surface area contributed by atoms with Gasteiger partial charge in [-0.1, -0.05) is 11.3 Å². The van der Waals surface area contributed by atoms with Crippen molar-refractivity contribution >= 4 is 38.5 Å². The van der Waals surface area contributed by atoms with Crippen LogP contribution >= 0.6 is 11.3 Å². The van der Waals surface area contributed by atoms with E-state index >= 15 is 0 Å². The summed E-state index contributed by atoms with van der Waals surface area (Å²) in [7, 11) is -3.95. The zero-order valence-electron chi connectivity index (χ0n) is 21.0. The number of amides is 1. The van der Waals surface area contributed by atoms with Gasteiger partial charge in [0.25, 0.3) is 0 Å². The van der Waals surface area contributed by atoms with Crippen LogP contribution in [0.1, 0.15) is 37.6 Å². The second kappa shape index (κ2) is 9.38. The summed E-state index contributed by atoms with van der Waals surface area (Å²) >= 11 is 0.343. The van der Waals surface area contributed by atoms with Gasteiger partial charge in [-0.2, -0.15) is 13.2 Å². The highest BCUT2D eigenvalue weighted by Crippen LogP contribution is 2.38. The predicted octanol–water partition coefficient (Wildman–Crippen LogP) is 2.10. The molecule has 0 bridgehead atoms. The predicted molar refractivity (Wildman–Crippen MR) is 137 cm³/mol. The minimum atomic E-state index is -4.66. The summed E-state index contributed by atoms with van der Waals surface area (Å²) in [6, 6.07) is 1.39. The first-order valence-corrected chi connectivity index (χ1v) is 15.0. The molecule has 1 saturated carbocycles. The van der Waals surface area contributed by atoms with Crippen molar-refractivity contribution in [3.63, 3.8) is 0 Å². The smallest absolute Gasteiger partial charge is 0.366 e. The second-order valence-electron chi connectivity index (χ2n) is 10.4. The van der Waals surface area contributed by atoms with E-state index < -0.39 is 26.7 Å². The van der Waals surface area contributed by atoms with Crippen LogP contribution in [0.15, 0.2) is 23.4 Å². The number of imidazole rings is 1. The fourth-order valence-corrected chi connectivity index (χ4v) is 7.18. The summed E-state index contributed by atoms with van der Waals surface area (Å²) in [5.41, 5.74) is 0.555. The first-order chi connectivity index (χ1) is 18.4. The molecule has 16 heteroatoms. The molecule has 2 saturated heterocycles. The molecule has 3 aromatic rings. The van der Waals surface area contributed by atoms with Crippen LogP contribution in [0.3, 0.4) is 0 Å². The Labute approximate surface area is 226 Å². The number of sulfonamides is 1. The monoisotopic (exact) mass is 584 g/mol. The van der Waals surface area contributed by atoms with E-state index in [9.17, 15) is 26.4 Å². The summed E-state index contributed by atoms with van der Waals surface area (Å²) in [5.74, 6) is 0.133. The van der Waals surface area contributed by atoms with E-state index in [0.717, 1.165) is 19.4 Å². The van der Waals surface area contributed by atoms with Gasteiger partial charge >= 0.3 is 6.18 Å². The van der Waals surface area contributed by atoms with E-state index in [4.69, 9.17) is 0 Å². The normalized spacial score (nSPS) is 21.6. The molecule has 2 N–H and O–H groups in total. The third kappa shape index (κ3) is 5.10. The SMILES string of the molecule is CC1(NS(=O)(=O)c2cc(N3CCN(C(=O)[C@H]4CCCN4)CC3)c3cnc(-c4nnc(C(F)(F)F)s4)n3c2)CC1. The molecule has 0 radical (unpaired) electrons. The molecule has 2 aliphatic heterocycles. The largest absolute Gasteiger partial charge is 0.445 e. The highest BCUT2D eigenvalue weighted by molar-refractivity contribution is 7.89. The van der Waals surface area contributed by atoms with Gasteiger partial charge < -0.3 is 15.1 Å². The molecule has 39 heavy (non-hydrogen) atoms. The molecule has 3 aromatic heterocycles. The van der Waals surface area contributed by atoms with Crippen molar-refractivity contribution in [2.24, 2.45) is 0 Å². The Morgan fingerprint density at radius 1 is 1.21 bits per heavy atom. The molecule has 1 atom stereocenters. The number of aromatic nitrogens is 4. The lowest BCUT2D eigenvalue weighted by molar-refractivity contribution is -0.138. The van der Waals surface area contributed by atoms with Crippen LogP contribution in [0, 0.1) is 0 Å². The quantitative estimate of drug-likeness (QED) is 0.452. The molecule has 0 aromatic carbocycles. The van der Waals surface area contributed by atoms with Crippen molar-refractivity contribution in [3.8, 4) is 10.8 Å². The molecule has 210 valence electrons. The Hall–Kier alpha value is -2.82. The Kier molecular flexibility index (Phi) is 6.35. The number of carbonyl (C=O) groups is 1. The molecule has 1 aliphatic carbocycles. The van der Waals surface area contributed by atoms with Gasteiger partial charge in [-0.05, 0) is 45.2 Å². The number of fused-ring (bicyclic) bond motifs is 1. The second-order valence-corrected chi connectivity index (χ2v) is 13.1. The standard InChI is InChI=1S/C23H27F3N8O3S2/c1-22(4-5-22)31-39(36,37)14-11-16(32-7-9-33(10-8-32)20(35)15-3-2-6-27-15)17-12-28-18(34(17)13-14)19-29-30-21(38-19)23(24,25)26/h11-13,15,27,31H,2-10H2,1H3/t15-/m1/s1. The molecule has 3 fully saturated rings. The Morgan fingerprint density at radius 2 is 1.95 bits per heavy atom. The number of carbonyl (C=O) groups excluding carboxylic acids is 1. The summed E-state index contributed by atoms with van der Waals surface area (Å²) < 4.78 is 70.5. The maximum Gasteiger partial charge on any atom is 0.445 e. The highest BCUT2D eigenvalue weighted by atomic mass is 32.2. The van der Waals surface area contributed by atoms with Crippen molar-refractivity contribution in [1.82, 2.24) is 34.5 Å². The fraction of sp³-hybridized carbons (Fsp3) is 0.565. The lowest BCUT2D eigenvalue weighted by Gasteiger charge is -2.37. The third-order valence-corrected chi connectivity index (χ3v) is 10.0. The zero-order chi connectivity index (χ0) is 27.6. The Morgan fingerprint density at radius 3 is 2.56 bits per heavy atom. The molecule has 0 spiro atoms. The van der Waals surface area contributed by atoms with E-state index in [1.54, 1.807) is 6.07 Å². The summed E-state index contributed by atoms with van der Waals surface area (Å²) in [6.45, 7) is 4.49. The van der Waals surface area contributed by atoms with Crippen LogP contribution in [0.2, 0.25) is 0 Å². The number of nitrogens with zero attached hydrogens (tertiary/aromatic N) is 6. The number of anilines is 1. The maximum absolute atomic E-state index is 13.4. The van der Waals surface area contributed by atoms with Crippen LogP contribution in [0.5, 0.6) is 0 Å².